The lowest BCUT2D eigenvalue weighted by molar-refractivity contribution is -0.274. The van der Waals surface area contributed by atoms with Gasteiger partial charge in [0.2, 0.25) is 0 Å². The number of aromatic amines is 1. The maximum absolute atomic E-state index is 12.2. The molecule has 4 rings (SSSR count). The third-order valence-corrected chi connectivity index (χ3v) is 3.45. The van der Waals surface area contributed by atoms with Gasteiger partial charge in [0.15, 0.2) is 11.6 Å². The minimum atomic E-state index is -4.74. The molecule has 0 unspecified atom stereocenters. The second-order valence-corrected chi connectivity index (χ2v) is 5.07. The van der Waals surface area contributed by atoms with Crippen molar-refractivity contribution in [2.24, 2.45) is 0 Å². The van der Waals surface area contributed by atoms with Gasteiger partial charge in [0.1, 0.15) is 11.3 Å². The van der Waals surface area contributed by atoms with Crippen LogP contribution in [0.15, 0.2) is 47.0 Å². The number of aromatic nitrogens is 5. The highest BCUT2D eigenvalue weighted by Gasteiger charge is 2.31. The largest absolute Gasteiger partial charge is 0.573 e. The maximum atomic E-state index is 12.2. The molecular weight excluding hydrogens is 339 g/mol. The summed E-state index contributed by atoms with van der Waals surface area (Å²) in [5.41, 5.74) is 1.88. The predicted octanol–water partition coefficient (Wildman–Crippen LogP) is 3.57. The summed E-state index contributed by atoms with van der Waals surface area (Å²) in [7, 11) is 0. The number of benzene rings is 2. The number of rotatable bonds is 3. The average molecular weight is 347 g/mol. The molecule has 126 valence electrons. The molecule has 0 aliphatic rings. The number of tetrazole rings is 1. The van der Waals surface area contributed by atoms with Gasteiger partial charge >= 0.3 is 6.36 Å². The normalized spacial score (nSPS) is 11.8. The zero-order chi connectivity index (χ0) is 17.4. The molecular formula is C15H8F3N5O2. The highest BCUT2D eigenvalue weighted by molar-refractivity contribution is 5.94. The molecule has 0 saturated heterocycles. The Labute approximate surface area is 137 Å². The van der Waals surface area contributed by atoms with Crippen LogP contribution in [0.3, 0.4) is 0 Å². The first kappa shape index (κ1) is 15.1. The van der Waals surface area contributed by atoms with Crippen molar-refractivity contribution in [1.29, 1.82) is 0 Å². The fourth-order valence-corrected chi connectivity index (χ4v) is 2.39. The second-order valence-electron chi connectivity index (χ2n) is 5.07. The number of halogens is 3. The van der Waals surface area contributed by atoms with Crippen LogP contribution in [-0.2, 0) is 0 Å². The summed E-state index contributed by atoms with van der Waals surface area (Å²) >= 11 is 0. The Hall–Kier alpha value is -3.43. The number of hydrogen-bond donors (Lipinski definition) is 1. The molecule has 1 N–H and O–H groups in total. The summed E-state index contributed by atoms with van der Waals surface area (Å²) in [6.07, 6.45) is -4.74. The Morgan fingerprint density at radius 1 is 1.00 bits per heavy atom. The number of ether oxygens (including phenoxy) is 1. The van der Waals surface area contributed by atoms with Crippen molar-refractivity contribution in [1.82, 2.24) is 25.8 Å². The van der Waals surface area contributed by atoms with Crippen LogP contribution in [0.5, 0.6) is 5.75 Å². The molecule has 2 aromatic carbocycles. The highest BCUT2D eigenvalue weighted by Crippen LogP contribution is 2.32. The molecule has 0 spiro atoms. The fourth-order valence-electron chi connectivity index (χ4n) is 2.39. The summed E-state index contributed by atoms with van der Waals surface area (Å²) in [6.45, 7) is 0. The molecule has 7 nitrogen and oxygen atoms in total. The van der Waals surface area contributed by atoms with E-state index in [1.165, 1.54) is 24.3 Å². The van der Waals surface area contributed by atoms with Crippen LogP contribution >= 0.6 is 0 Å². The molecule has 0 radical (unpaired) electrons. The number of hydrogen-bond acceptors (Lipinski definition) is 6. The van der Waals surface area contributed by atoms with Crippen molar-refractivity contribution < 1.29 is 22.4 Å². The Bertz CT molecular complexity index is 1010. The lowest BCUT2D eigenvalue weighted by atomic mass is 10.1. The van der Waals surface area contributed by atoms with E-state index in [1.807, 2.05) is 0 Å². The zero-order valence-electron chi connectivity index (χ0n) is 12.3. The third kappa shape index (κ3) is 3.01. The first-order valence-corrected chi connectivity index (χ1v) is 6.99. The van der Waals surface area contributed by atoms with E-state index >= 15 is 0 Å². The van der Waals surface area contributed by atoms with Gasteiger partial charge in [0.05, 0.1) is 5.39 Å². The highest BCUT2D eigenvalue weighted by atomic mass is 19.4. The molecule has 25 heavy (non-hydrogen) atoms. The molecule has 0 amide bonds. The lowest BCUT2D eigenvalue weighted by Gasteiger charge is -2.08. The molecule has 0 saturated carbocycles. The van der Waals surface area contributed by atoms with Crippen LogP contribution in [0.2, 0.25) is 0 Å². The molecule has 4 aromatic rings. The third-order valence-electron chi connectivity index (χ3n) is 3.45. The number of nitrogens with one attached hydrogen (secondary N) is 1. The molecule has 0 aliphatic heterocycles. The van der Waals surface area contributed by atoms with E-state index in [0.717, 1.165) is 5.56 Å². The zero-order valence-corrected chi connectivity index (χ0v) is 12.3. The monoisotopic (exact) mass is 347 g/mol. The van der Waals surface area contributed by atoms with Crippen LogP contribution in [0.25, 0.3) is 33.6 Å². The van der Waals surface area contributed by atoms with Crippen LogP contribution < -0.4 is 4.74 Å². The van der Waals surface area contributed by atoms with E-state index < -0.39 is 6.36 Å². The van der Waals surface area contributed by atoms with Gasteiger partial charge in [-0.15, -0.1) is 18.3 Å². The van der Waals surface area contributed by atoms with Gasteiger partial charge in [-0.05, 0) is 52.9 Å². The molecule has 0 fully saturated rings. The first-order valence-electron chi connectivity index (χ1n) is 6.99. The topological polar surface area (TPSA) is 89.7 Å². The SMILES string of the molecule is FC(F)(F)Oc1ccc(-c2onc3ccc(-c4nnn[nH]4)cc23)cc1. The predicted molar refractivity (Wildman–Crippen MR) is 79.3 cm³/mol. The minimum Gasteiger partial charge on any atom is -0.406 e. The summed E-state index contributed by atoms with van der Waals surface area (Å²) in [5.74, 6) is 0.583. The first-order chi connectivity index (χ1) is 12.0. The van der Waals surface area contributed by atoms with Crippen LogP contribution in [-0.4, -0.2) is 32.1 Å². The van der Waals surface area contributed by atoms with Crippen molar-refractivity contribution in [3.05, 3.63) is 42.5 Å². The fraction of sp³-hybridized carbons (Fsp3) is 0.0667. The summed E-state index contributed by atoms with van der Waals surface area (Å²) in [5, 5.41) is 18.2. The molecule has 2 aromatic heterocycles. The van der Waals surface area contributed by atoms with Crippen molar-refractivity contribution in [2.45, 2.75) is 6.36 Å². The van der Waals surface area contributed by atoms with E-state index in [9.17, 15) is 13.2 Å². The van der Waals surface area contributed by atoms with Gasteiger partial charge < -0.3 is 9.26 Å². The number of alkyl halides is 3. The van der Waals surface area contributed by atoms with Gasteiger partial charge in [-0.2, -0.15) is 0 Å². The van der Waals surface area contributed by atoms with Gasteiger partial charge in [-0.3, -0.25) is 0 Å². The van der Waals surface area contributed by atoms with Gasteiger partial charge in [-0.25, -0.2) is 5.10 Å². The average Bonchev–Trinajstić information content (AvgIpc) is 3.23. The Morgan fingerprint density at radius 2 is 1.76 bits per heavy atom. The van der Waals surface area contributed by atoms with E-state index in [2.05, 4.69) is 30.5 Å². The van der Waals surface area contributed by atoms with Gasteiger partial charge in [0, 0.05) is 11.1 Å². The molecule has 0 aliphatic carbocycles. The summed E-state index contributed by atoms with van der Waals surface area (Å²) in [4.78, 5) is 0. The van der Waals surface area contributed by atoms with Gasteiger partial charge in [-0.1, -0.05) is 5.16 Å². The smallest absolute Gasteiger partial charge is 0.406 e. The number of fused-ring (bicyclic) bond motifs is 1. The summed E-state index contributed by atoms with van der Waals surface area (Å²) < 4.78 is 45.9. The molecule has 0 atom stereocenters. The Balaban J connectivity index is 1.72. The van der Waals surface area contributed by atoms with E-state index in [1.54, 1.807) is 18.2 Å². The van der Waals surface area contributed by atoms with Crippen molar-refractivity contribution in [3.63, 3.8) is 0 Å². The van der Waals surface area contributed by atoms with Crippen LogP contribution in [0, 0.1) is 0 Å². The van der Waals surface area contributed by atoms with Crippen LogP contribution in [0.1, 0.15) is 0 Å². The molecule has 10 heteroatoms. The van der Waals surface area contributed by atoms with E-state index in [-0.39, 0.29) is 5.75 Å². The van der Waals surface area contributed by atoms with Crippen molar-refractivity contribution in [3.8, 4) is 28.5 Å². The van der Waals surface area contributed by atoms with Crippen molar-refractivity contribution in [2.75, 3.05) is 0 Å². The quantitative estimate of drug-likeness (QED) is 0.609. The Morgan fingerprint density at radius 3 is 2.44 bits per heavy atom. The molecule has 2 heterocycles. The maximum Gasteiger partial charge on any atom is 0.573 e. The number of H-pyrrole nitrogens is 1. The summed E-state index contributed by atoms with van der Waals surface area (Å²) in [6, 6.07) is 10.6. The van der Waals surface area contributed by atoms with E-state index in [4.69, 9.17) is 4.52 Å². The van der Waals surface area contributed by atoms with Gasteiger partial charge in [0.25, 0.3) is 0 Å². The van der Waals surface area contributed by atoms with Crippen LogP contribution in [0.4, 0.5) is 13.2 Å². The number of nitrogens with zero attached hydrogens (tertiary/aromatic N) is 4. The van der Waals surface area contributed by atoms with Crippen molar-refractivity contribution >= 4 is 10.9 Å². The van der Waals surface area contributed by atoms with E-state index in [0.29, 0.717) is 28.1 Å². The molecule has 0 bridgehead atoms. The second kappa shape index (κ2) is 5.58. The Kier molecular flexibility index (Phi) is 3.38. The standard InChI is InChI=1S/C15H8F3N5O2/c16-15(17,18)24-10-4-1-8(2-5-10)13-11-7-9(14-19-22-23-20-14)3-6-12(11)21-25-13/h1-7H,(H,19,20,22,23). The lowest BCUT2D eigenvalue weighted by Crippen LogP contribution is -2.16. The minimum absolute atomic E-state index is 0.312.